The van der Waals surface area contributed by atoms with Crippen molar-refractivity contribution in [2.75, 3.05) is 0 Å². The Labute approximate surface area is 124 Å². The van der Waals surface area contributed by atoms with Crippen molar-refractivity contribution in [2.24, 2.45) is 7.05 Å². The lowest BCUT2D eigenvalue weighted by atomic mass is 9.96. The first-order valence-corrected chi connectivity index (χ1v) is 6.51. The fourth-order valence-corrected chi connectivity index (χ4v) is 2.12. The molecule has 2 aromatic rings. The predicted molar refractivity (Wildman–Crippen MR) is 74.3 cm³/mol. The first-order valence-electron chi connectivity index (χ1n) is 6.51. The van der Waals surface area contributed by atoms with Crippen molar-refractivity contribution >= 4 is 16.9 Å². The molecule has 1 aromatic heterocycles. The molecule has 1 unspecified atom stereocenters. The number of hydrogen-bond donors (Lipinski definition) is 2. The zero-order valence-electron chi connectivity index (χ0n) is 12.3. The van der Waals surface area contributed by atoms with Gasteiger partial charge in [-0.05, 0) is 32.0 Å². The number of nitrogens with zero attached hydrogens (tertiary/aromatic N) is 2. The smallest absolute Gasteiger partial charge is 0.382 e. The Morgan fingerprint density at radius 1 is 1.36 bits per heavy atom. The van der Waals surface area contributed by atoms with Gasteiger partial charge in [-0.2, -0.15) is 13.2 Å². The van der Waals surface area contributed by atoms with E-state index in [1.54, 1.807) is 24.0 Å². The van der Waals surface area contributed by atoms with Crippen molar-refractivity contribution in [3.05, 3.63) is 30.1 Å². The number of aliphatic hydroxyl groups is 1. The molecule has 0 aliphatic heterocycles. The number of aryl methyl sites for hydroxylation is 1. The molecule has 5 nitrogen and oxygen atoms in total. The molecule has 1 heterocycles. The number of benzene rings is 1. The average Bonchev–Trinajstić information content (AvgIpc) is 2.77. The van der Waals surface area contributed by atoms with E-state index in [1.807, 2.05) is 0 Å². The summed E-state index contributed by atoms with van der Waals surface area (Å²) < 4.78 is 39.5. The molecule has 1 atom stereocenters. The zero-order valence-corrected chi connectivity index (χ0v) is 12.3. The minimum Gasteiger partial charge on any atom is -0.382 e. The number of nitrogens with one attached hydrogen (secondary N) is 1. The van der Waals surface area contributed by atoms with Crippen LogP contribution in [-0.4, -0.2) is 38.4 Å². The molecule has 0 bridgehead atoms. The van der Waals surface area contributed by atoms with Crippen molar-refractivity contribution < 1.29 is 23.1 Å². The molecule has 0 saturated carbocycles. The normalized spacial score (nSPS) is 14.1. The maximum Gasteiger partial charge on any atom is 0.416 e. The van der Waals surface area contributed by atoms with E-state index >= 15 is 0 Å². The lowest BCUT2D eigenvalue weighted by Gasteiger charge is -2.32. The van der Waals surface area contributed by atoms with Gasteiger partial charge >= 0.3 is 6.18 Å². The van der Waals surface area contributed by atoms with E-state index in [4.69, 9.17) is 0 Å². The van der Waals surface area contributed by atoms with Gasteiger partial charge in [0.25, 0.3) is 5.91 Å². The molecule has 0 saturated heterocycles. The van der Waals surface area contributed by atoms with Crippen LogP contribution in [0.4, 0.5) is 13.2 Å². The molecule has 2 rings (SSSR count). The van der Waals surface area contributed by atoms with Gasteiger partial charge in [0.2, 0.25) is 0 Å². The van der Waals surface area contributed by atoms with E-state index in [0.29, 0.717) is 5.52 Å². The molecule has 0 fully saturated rings. The van der Waals surface area contributed by atoms with Gasteiger partial charge < -0.3 is 15.0 Å². The number of fused-ring (bicyclic) bond motifs is 1. The Kier molecular flexibility index (Phi) is 3.90. The van der Waals surface area contributed by atoms with Gasteiger partial charge in [0.15, 0.2) is 6.10 Å². The van der Waals surface area contributed by atoms with E-state index in [1.165, 1.54) is 12.1 Å². The van der Waals surface area contributed by atoms with Gasteiger partial charge in [-0.1, -0.05) is 0 Å². The third-order valence-corrected chi connectivity index (χ3v) is 3.42. The fraction of sp³-hybridized carbons (Fsp3) is 0.429. The second-order valence-electron chi connectivity index (χ2n) is 5.68. The average molecular weight is 315 g/mol. The van der Waals surface area contributed by atoms with Crippen LogP contribution in [0, 0.1) is 0 Å². The van der Waals surface area contributed by atoms with Crippen molar-refractivity contribution in [3.63, 3.8) is 0 Å². The van der Waals surface area contributed by atoms with E-state index in [9.17, 15) is 23.1 Å². The maximum absolute atomic E-state index is 12.6. The van der Waals surface area contributed by atoms with Gasteiger partial charge in [-0.25, -0.2) is 4.98 Å². The Hall–Kier alpha value is -2.09. The summed E-state index contributed by atoms with van der Waals surface area (Å²) in [4.78, 5) is 16.2. The first kappa shape index (κ1) is 16.3. The number of imidazole rings is 1. The second-order valence-corrected chi connectivity index (χ2v) is 5.68. The lowest BCUT2D eigenvalue weighted by molar-refractivity contribution is -0.222. The minimum absolute atomic E-state index is 0.175. The molecule has 2 N–H and O–H groups in total. The number of rotatable bonds is 3. The molecule has 22 heavy (non-hydrogen) atoms. The molecule has 0 aliphatic rings. The van der Waals surface area contributed by atoms with Crippen LogP contribution in [0.5, 0.6) is 0 Å². The molecule has 0 radical (unpaired) electrons. The Balaban J connectivity index is 2.23. The summed E-state index contributed by atoms with van der Waals surface area (Å²) in [6, 6.07) is 4.64. The van der Waals surface area contributed by atoms with E-state index < -0.39 is 23.7 Å². The highest BCUT2D eigenvalue weighted by Gasteiger charge is 2.48. The van der Waals surface area contributed by atoms with Gasteiger partial charge in [0.1, 0.15) is 0 Å². The molecule has 1 aromatic carbocycles. The topological polar surface area (TPSA) is 67.2 Å². The third kappa shape index (κ3) is 3.06. The summed E-state index contributed by atoms with van der Waals surface area (Å²) in [5.41, 5.74) is -0.321. The molecule has 1 amide bonds. The molecule has 0 spiro atoms. The zero-order chi connectivity index (χ0) is 16.7. The number of carbonyl (C=O) groups excluding carboxylic acids is 1. The minimum atomic E-state index is -4.82. The predicted octanol–water partition coefficient (Wildman–Crippen LogP) is 2.00. The molecular weight excluding hydrogens is 299 g/mol. The lowest BCUT2D eigenvalue weighted by Crippen LogP contribution is -2.57. The summed E-state index contributed by atoms with van der Waals surface area (Å²) >= 11 is 0. The number of aromatic nitrogens is 2. The SMILES string of the molecule is Cn1cnc2cc(C(=O)NC(C)(C)C(O)C(F)(F)F)ccc21. The van der Waals surface area contributed by atoms with Crippen molar-refractivity contribution in [2.45, 2.75) is 31.7 Å². The summed E-state index contributed by atoms with van der Waals surface area (Å²) in [5, 5.41) is 11.5. The summed E-state index contributed by atoms with van der Waals surface area (Å²) in [7, 11) is 1.79. The van der Waals surface area contributed by atoms with Gasteiger partial charge in [0.05, 0.1) is 22.9 Å². The van der Waals surface area contributed by atoms with Crippen LogP contribution in [0.1, 0.15) is 24.2 Å². The Morgan fingerprint density at radius 3 is 2.59 bits per heavy atom. The van der Waals surface area contributed by atoms with Crippen molar-refractivity contribution in [3.8, 4) is 0 Å². The highest BCUT2D eigenvalue weighted by molar-refractivity contribution is 5.97. The summed E-state index contributed by atoms with van der Waals surface area (Å²) in [5.74, 6) is -0.708. The molecular formula is C14H16F3N3O2. The third-order valence-electron chi connectivity index (χ3n) is 3.42. The standard InChI is InChI=1S/C14H16F3N3O2/c1-13(2,12(22)14(15,16)17)19-11(21)8-4-5-10-9(6-8)18-7-20(10)3/h4-7,12,22H,1-3H3,(H,19,21). The highest BCUT2D eigenvalue weighted by Crippen LogP contribution is 2.28. The number of hydrogen-bond acceptors (Lipinski definition) is 3. The maximum atomic E-state index is 12.6. The Bertz CT molecular complexity index is 707. The monoisotopic (exact) mass is 315 g/mol. The van der Waals surface area contributed by atoms with E-state index in [-0.39, 0.29) is 5.56 Å². The summed E-state index contributed by atoms with van der Waals surface area (Å²) in [6.45, 7) is 2.23. The number of amides is 1. The molecule has 8 heteroatoms. The number of halogens is 3. The van der Waals surface area contributed by atoms with E-state index in [2.05, 4.69) is 10.3 Å². The van der Waals surface area contributed by atoms with Crippen LogP contribution in [0.2, 0.25) is 0 Å². The van der Waals surface area contributed by atoms with Gasteiger partial charge in [0, 0.05) is 12.6 Å². The van der Waals surface area contributed by atoms with Crippen LogP contribution in [0.3, 0.4) is 0 Å². The quantitative estimate of drug-likeness (QED) is 0.910. The number of alkyl halides is 3. The second kappa shape index (κ2) is 5.28. The first-order chi connectivity index (χ1) is 10.0. The number of carbonyl (C=O) groups is 1. The van der Waals surface area contributed by atoms with Crippen LogP contribution in [0.25, 0.3) is 11.0 Å². The Morgan fingerprint density at radius 2 is 2.00 bits per heavy atom. The van der Waals surface area contributed by atoms with Crippen molar-refractivity contribution in [1.82, 2.24) is 14.9 Å². The highest BCUT2D eigenvalue weighted by atomic mass is 19.4. The van der Waals surface area contributed by atoms with Gasteiger partial charge in [-0.15, -0.1) is 0 Å². The molecule has 0 aliphatic carbocycles. The largest absolute Gasteiger partial charge is 0.416 e. The summed E-state index contributed by atoms with van der Waals surface area (Å²) in [6.07, 6.45) is -5.91. The van der Waals surface area contributed by atoms with Gasteiger partial charge in [-0.3, -0.25) is 4.79 Å². The van der Waals surface area contributed by atoms with E-state index in [0.717, 1.165) is 19.4 Å². The van der Waals surface area contributed by atoms with Crippen LogP contribution < -0.4 is 5.32 Å². The molecule has 120 valence electrons. The fourth-order valence-electron chi connectivity index (χ4n) is 2.12. The van der Waals surface area contributed by atoms with Crippen LogP contribution in [-0.2, 0) is 7.05 Å². The van der Waals surface area contributed by atoms with Crippen LogP contribution >= 0.6 is 0 Å². The number of aliphatic hydroxyl groups excluding tert-OH is 1. The van der Waals surface area contributed by atoms with Crippen molar-refractivity contribution in [1.29, 1.82) is 0 Å². The van der Waals surface area contributed by atoms with Crippen LogP contribution in [0.15, 0.2) is 24.5 Å².